The van der Waals surface area contributed by atoms with Gasteiger partial charge >= 0.3 is 5.97 Å². The first-order valence-corrected chi connectivity index (χ1v) is 17.8. The van der Waals surface area contributed by atoms with Crippen molar-refractivity contribution in [2.24, 2.45) is 17.8 Å². The molecule has 0 saturated carbocycles. The maximum Gasteiger partial charge on any atom is 0.311 e. The van der Waals surface area contributed by atoms with E-state index in [0.29, 0.717) is 24.2 Å². The monoisotopic (exact) mass is 699 g/mol. The van der Waals surface area contributed by atoms with Crippen molar-refractivity contribution < 1.29 is 58.1 Å². The molecule has 4 aliphatic rings. The molecule has 0 aromatic rings. The Labute approximate surface area is 291 Å². The van der Waals surface area contributed by atoms with Crippen LogP contribution in [0.1, 0.15) is 94.9 Å². The van der Waals surface area contributed by atoms with Crippen LogP contribution in [0.3, 0.4) is 0 Å². The molecule has 3 fully saturated rings. The molecule has 0 aliphatic carbocycles. The lowest BCUT2D eigenvalue weighted by molar-refractivity contribution is -0.315. The molecule has 282 valence electrons. The fraction of sp³-hybridized carbons (Fsp3) is 0.889. The third kappa shape index (κ3) is 7.75. The van der Waals surface area contributed by atoms with Gasteiger partial charge in [-0.1, -0.05) is 20.8 Å². The Balaban J connectivity index is 1.82. The van der Waals surface area contributed by atoms with Crippen LogP contribution in [0.25, 0.3) is 0 Å². The number of methoxy groups -OCH3 is 1. The number of ether oxygens (including phenoxy) is 7. The van der Waals surface area contributed by atoms with E-state index in [1.54, 1.807) is 48.6 Å². The highest BCUT2D eigenvalue weighted by Gasteiger charge is 2.56. The normalized spacial score (nSPS) is 48.7. The van der Waals surface area contributed by atoms with E-state index in [0.717, 1.165) is 0 Å². The van der Waals surface area contributed by atoms with E-state index in [-0.39, 0.29) is 30.8 Å². The van der Waals surface area contributed by atoms with Crippen molar-refractivity contribution in [3.63, 3.8) is 0 Å². The predicted molar refractivity (Wildman–Crippen MR) is 178 cm³/mol. The minimum Gasteiger partial charge on any atom is -0.479 e. The van der Waals surface area contributed by atoms with Gasteiger partial charge in [-0.3, -0.25) is 9.59 Å². The van der Waals surface area contributed by atoms with Crippen LogP contribution in [-0.4, -0.2) is 119 Å². The van der Waals surface area contributed by atoms with Crippen molar-refractivity contribution in [3.05, 3.63) is 11.3 Å². The molecule has 0 aromatic carbocycles. The quantitative estimate of drug-likeness (QED) is 0.286. The van der Waals surface area contributed by atoms with Gasteiger partial charge in [0, 0.05) is 37.0 Å². The van der Waals surface area contributed by atoms with Gasteiger partial charge in [0.25, 0.3) is 0 Å². The Morgan fingerprint density at radius 2 is 1.65 bits per heavy atom. The molecular weight excluding hydrogens is 638 g/mol. The molecule has 2 bridgehead atoms. The average Bonchev–Trinajstić information content (AvgIpc) is 3.28. The van der Waals surface area contributed by atoms with Gasteiger partial charge in [0.2, 0.25) is 11.4 Å². The molecule has 0 radical (unpaired) electrons. The lowest BCUT2D eigenvalue weighted by Crippen LogP contribution is -2.60. The second-order valence-electron chi connectivity index (χ2n) is 15.5. The highest BCUT2D eigenvalue weighted by atomic mass is 16.7. The second kappa shape index (κ2) is 15.1. The second-order valence-corrected chi connectivity index (χ2v) is 15.5. The minimum atomic E-state index is -1.63. The Kier molecular flexibility index (Phi) is 12.4. The van der Waals surface area contributed by atoms with Crippen molar-refractivity contribution in [1.29, 1.82) is 0 Å². The Morgan fingerprint density at radius 1 is 1.00 bits per heavy atom. The van der Waals surface area contributed by atoms with Gasteiger partial charge in [-0.15, -0.1) is 0 Å². The molecule has 16 atom stereocenters. The highest BCUT2D eigenvalue weighted by molar-refractivity contribution is 6.04. The number of hydrogen-bond acceptors (Lipinski definition) is 13. The number of Topliss-reactive ketones (excluding diaryl/α,β-unsaturated/α-hetero) is 1. The molecule has 16 unspecified atom stereocenters. The van der Waals surface area contributed by atoms with E-state index in [9.17, 15) is 24.9 Å². The zero-order valence-corrected chi connectivity index (χ0v) is 31.3. The summed E-state index contributed by atoms with van der Waals surface area (Å²) in [7, 11) is 3.27. The van der Waals surface area contributed by atoms with Gasteiger partial charge in [-0.2, -0.15) is 0 Å². The SMILES string of the molecule is CCC1OC(=O)C(C)C(OC2CC(C)(OC)C(O)C(C)O2)C(C)C(OC2OC(C)CC(NC)C2O)C(C)(O)CC(C)C2=C(C)C(=O)C1(C)O2. The summed E-state index contributed by atoms with van der Waals surface area (Å²) in [6.45, 7) is 17.5. The van der Waals surface area contributed by atoms with Crippen LogP contribution >= 0.6 is 0 Å². The van der Waals surface area contributed by atoms with E-state index in [2.05, 4.69) is 5.32 Å². The summed E-state index contributed by atoms with van der Waals surface area (Å²) in [5.74, 6) is -2.62. The van der Waals surface area contributed by atoms with Gasteiger partial charge in [-0.05, 0) is 74.8 Å². The van der Waals surface area contributed by atoms with Crippen LogP contribution < -0.4 is 5.32 Å². The maximum atomic E-state index is 14.1. The summed E-state index contributed by atoms with van der Waals surface area (Å²) < 4.78 is 43.7. The van der Waals surface area contributed by atoms with E-state index in [4.69, 9.17) is 33.2 Å². The van der Waals surface area contributed by atoms with Gasteiger partial charge in [-0.25, -0.2) is 0 Å². The number of carbonyl (C=O) groups excluding carboxylic acids is 2. The number of rotatable bonds is 7. The minimum absolute atomic E-state index is 0.101. The van der Waals surface area contributed by atoms with Crippen LogP contribution in [0.5, 0.6) is 0 Å². The van der Waals surface area contributed by atoms with Crippen molar-refractivity contribution in [3.8, 4) is 0 Å². The summed E-state index contributed by atoms with van der Waals surface area (Å²) in [6, 6.07) is -0.326. The summed E-state index contributed by atoms with van der Waals surface area (Å²) in [4.78, 5) is 27.9. The number of aliphatic hydroxyl groups is 3. The van der Waals surface area contributed by atoms with Crippen LogP contribution in [0, 0.1) is 17.8 Å². The zero-order valence-electron chi connectivity index (χ0n) is 31.3. The van der Waals surface area contributed by atoms with Crippen molar-refractivity contribution in [2.75, 3.05) is 14.2 Å². The number of cyclic esters (lactones) is 1. The van der Waals surface area contributed by atoms with Crippen LogP contribution in [0.4, 0.5) is 0 Å². The number of fused-ring (bicyclic) bond motifs is 2. The molecule has 0 amide bonds. The summed E-state index contributed by atoms with van der Waals surface area (Å²) in [5, 5.41) is 37.7. The topological polar surface area (TPSA) is 171 Å². The highest BCUT2D eigenvalue weighted by Crippen LogP contribution is 2.44. The molecule has 4 heterocycles. The van der Waals surface area contributed by atoms with E-state index in [1.807, 2.05) is 27.7 Å². The summed E-state index contributed by atoms with van der Waals surface area (Å²) in [6.07, 6.45) is -6.78. The first kappa shape index (κ1) is 40.1. The largest absolute Gasteiger partial charge is 0.479 e. The number of ketones is 1. The molecule has 4 rings (SSSR count). The average molecular weight is 700 g/mol. The maximum absolute atomic E-state index is 14.1. The molecule has 4 aliphatic heterocycles. The predicted octanol–water partition coefficient (Wildman–Crippen LogP) is 2.76. The van der Waals surface area contributed by atoms with Gasteiger partial charge in [0.15, 0.2) is 12.6 Å². The molecule has 49 heavy (non-hydrogen) atoms. The van der Waals surface area contributed by atoms with Gasteiger partial charge in [0.1, 0.15) is 24.1 Å². The summed E-state index contributed by atoms with van der Waals surface area (Å²) in [5.41, 5.74) is -3.66. The van der Waals surface area contributed by atoms with E-state index < -0.39 is 89.7 Å². The molecular formula is C36H61NO12. The fourth-order valence-electron chi connectivity index (χ4n) is 8.39. The number of nitrogens with one attached hydrogen (secondary N) is 1. The number of aliphatic hydroxyl groups excluding tert-OH is 2. The number of likely N-dealkylation sites (N-methyl/N-ethyl adjacent to an activating group) is 1. The van der Waals surface area contributed by atoms with Crippen LogP contribution in [-0.2, 0) is 42.7 Å². The van der Waals surface area contributed by atoms with E-state index >= 15 is 0 Å². The number of allylic oxidation sites excluding steroid dienone is 1. The Hall–Kier alpha value is -1.68. The molecule has 3 saturated heterocycles. The first-order valence-electron chi connectivity index (χ1n) is 17.8. The molecule has 4 N–H and O–H groups in total. The third-order valence-electron chi connectivity index (χ3n) is 11.4. The van der Waals surface area contributed by atoms with Gasteiger partial charge in [0.05, 0.1) is 41.5 Å². The zero-order chi connectivity index (χ0) is 36.8. The summed E-state index contributed by atoms with van der Waals surface area (Å²) >= 11 is 0. The van der Waals surface area contributed by atoms with Crippen LogP contribution in [0.15, 0.2) is 11.3 Å². The standard InChI is InChI=1S/C36H61NO12/c1-13-24-36(10)29(39)19(4)27(49-36)17(2)15-34(8,42)31(48-33-26(38)23(37-11)14-18(3)44-33)20(5)28(21(6)32(41)46-24)47-25-16-35(9,43-12)30(40)22(7)45-25/h17-18,20-26,28,30-31,33,37-38,40,42H,13-16H2,1-12H3. The van der Waals surface area contributed by atoms with Crippen molar-refractivity contribution in [2.45, 2.75) is 173 Å². The molecule has 13 nitrogen and oxygen atoms in total. The van der Waals surface area contributed by atoms with Crippen molar-refractivity contribution in [1.82, 2.24) is 5.32 Å². The first-order chi connectivity index (χ1) is 22.7. The number of carbonyl (C=O) groups is 2. The third-order valence-corrected chi connectivity index (χ3v) is 11.4. The van der Waals surface area contributed by atoms with Crippen LogP contribution in [0.2, 0.25) is 0 Å². The lowest BCUT2D eigenvalue weighted by atomic mass is 9.77. The number of hydrogen-bond donors (Lipinski definition) is 4. The fourth-order valence-corrected chi connectivity index (χ4v) is 8.39. The van der Waals surface area contributed by atoms with Gasteiger partial charge < -0.3 is 53.8 Å². The molecule has 0 aromatic heterocycles. The van der Waals surface area contributed by atoms with Crippen molar-refractivity contribution >= 4 is 11.8 Å². The molecule has 0 spiro atoms. The Bertz CT molecular complexity index is 1230. The molecule has 13 heteroatoms. The lowest BCUT2D eigenvalue weighted by Gasteiger charge is -2.48. The van der Waals surface area contributed by atoms with E-state index in [1.165, 1.54) is 7.11 Å². The number of esters is 1. The Morgan fingerprint density at radius 3 is 2.24 bits per heavy atom. The smallest absolute Gasteiger partial charge is 0.311 e.